The lowest BCUT2D eigenvalue weighted by Crippen LogP contribution is -2.28. The highest BCUT2D eigenvalue weighted by atomic mass is 16.5. The van der Waals surface area contributed by atoms with Gasteiger partial charge < -0.3 is 14.4 Å². The number of likely N-dealkylation sites (tertiary alicyclic amines) is 1. The minimum atomic E-state index is 0.00848. The second-order valence-electron chi connectivity index (χ2n) is 6.70. The number of carbonyl (C=O) groups is 2. The molecule has 0 bridgehead atoms. The summed E-state index contributed by atoms with van der Waals surface area (Å²) in [5.74, 6) is 1.69. The van der Waals surface area contributed by atoms with Gasteiger partial charge in [0.2, 0.25) is 5.91 Å². The lowest BCUT2D eigenvalue weighted by molar-refractivity contribution is -0.130. The molecule has 2 aromatic rings. The molecule has 1 amide bonds. The smallest absolute Gasteiger partial charge is 0.223 e. The lowest BCUT2D eigenvalue weighted by atomic mass is 9.97. The molecule has 0 aromatic heterocycles. The molecular weight excluding hydrogens is 342 g/mol. The van der Waals surface area contributed by atoms with Gasteiger partial charge in [-0.15, -0.1) is 0 Å². The van der Waals surface area contributed by atoms with Crippen LogP contribution in [0.1, 0.15) is 41.1 Å². The first-order valence-electron chi connectivity index (χ1n) is 9.21. The first-order chi connectivity index (χ1) is 13.1. The maximum Gasteiger partial charge on any atom is 0.223 e. The van der Waals surface area contributed by atoms with E-state index >= 15 is 0 Å². The molecule has 0 N–H and O–H groups in total. The number of nitrogens with zero attached hydrogens (tertiary/aromatic N) is 1. The molecule has 0 spiro atoms. The molecule has 1 fully saturated rings. The van der Waals surface area contributed by atoms with E-state index in [0.717, 1.165) is 17.7 Å². The van der Waals surface area contributed by atoms with Crippen LogP contribution in [0, 0.1) is 0 Å². The molecular formula is C22H25NO4. The molecule has 2 aromatic carbocycles. The van der Waals surface area contributed by atoms with Crippen LogP contribution in [0.5, 0.6) is 11.5 Å². The van der Waals surface area contributed by atoms with E-state index in [2.05, 4.69) is 0 Å². The van der Waals surface area contributed by atoms with E-state index in [9.17, 15) is 9.59 Å². The molecule has 1 atom stereocenters. The van der Waals surface area contributed by atoms with E-state index in [4.69, 9.17) is 9.47 Å². The number of para-hydroxylation sites is 1. The van der Waals surface area contributed by atoms with Gasteiger partial charge in [-0.3, -0.25) is 9.59 Å². The summed E-state index contributed by atoms with van der Waals surface area (Å²) in [6.07, 6.45) is 1.37. The van der Waals surface area contributed by atoms with Crippen molar-refractivity contribution in [1.82, 2.24) is 4.90 Å². The number of rotatable bonds is 7. The van der Waals surface area contributed by atoms with E-state index in [1.165, 1.54) is 0 Å². The van der Waals surface area contributed by atoms with Crippen LogP contribution in [0.25, 0.3) is 0 Å². The summed E-state index contributed by atoms with van der Waals surface area (Å²) in [5.41, 5.74) is 1.72. The van der Waals surface area contributed by atoms with Gasteiger partial charge in [0.1, 0.15) is 0 Å². The van der Waals surface area contributed by atoms with Crippen molar-refractivity contribution >= 4 is 11.7 Å². The third kappa shape index (κ3) is 4.30. The largest absolute Gasteiger partial charge is 0.493 e. The Morgan fingerprint density at radius 2 is 1.78 bits per heavy atom. The van der Waals surface area contributed by atoms with Crippen LogP contribution in [-0.2, 0) is 4.79 Å². The van der Waals surface area contributed by atoms with Gasteiger partial charge >= 0.3 is 0 Å². The maximum absolute atomic E-state index is 12.6. The molecule has 5 heteroatoms. The second-order valence-corrected chi connectivity index (χ2v) is 6.70. The molecule has 0 aliphatic carbocycles. The first-order valence-corrected chi connectivity index (χ1v) is 9.21. The Bertz CT molecular complexity index is 803. The van der Waals surface area contributed by atoms with Gasteiger partial charge in [0.25, 0.3) is 0 Å². The topological polar surface area (TPSA) is 55.8 Å². The quantitative estimate of drug-likeness (QED) is 0.701. The second kappa shape index (κ2) is 8.71. The zero-order valence-corrected chi connectivity index (χ0v) is 15.8. The Hall–Kier alpha value is -2.82. The molecule has 0 radical (unpaired) electrons. The predicted molar refractivity (Wildman–Crippen MR) is 103 cm³/mol. The van der Waals surface area contributed by atoms with E-state index in [1.807, 2.05) is 41.3 Å². The standard InChI is InChI=1S/C22H25NO4/c1-26-20-10-6-9-18(22(20)27-2)17-13-14-23(15-17)21(25)12-11-19(24)16-7-4-3-5-8-16/h3-10,17H,11-15H2,1-2H3. The van der Waals surface area contributed by atoms with Crippen molar-refractivity contribution in [3.05, 3.63) is 59.7 Å². The van der Waals surface area contributed by atoms with Crippen molar-refractivity contribution in [2.45, 2.75) is 25.2 Å². The third-order valence-corrected chi connectivity index (χ3v) is 5.08. The molecule has 142 valence electrons. The summed E-state index contributed by atoms with van der Waals surface area (Å²) in [7, 11) is 3.25. The number of ether oxygens (including phenoxy) is 2. The summed E-state index contributed by atoms with van der Waals surface area (Å²) < 4.78 is 10.9. The monoisotopic (exact) mass is 367 g/mol. The zero-order valence-electron chi connectivity index (χ0n) is 15.8. The van der Waals surface area contributed by atoms with Crippen LogP contribution in [0.2, 0.25) is 0 Å². The Balaban J connectivity index is 1.59. The van der Waals surface area contributed by atoms with Crippen molar-refractivity contribution in [2.75, 3.05) is 27.3 Å². The SMILES string of the molecule is COc1cccc(C2CCN(C(=O)CCC(=O)c3ccccc3)C2)c1OC. The Morgan fingerprint density at radius 3 is 2.48 bits per heavy atom. The minimum Gasteiger partial charge on any atom is -0.493 e. The van der Waals surface area contributed by atoms with Gasteiger partial charge in [-0.1, -0.05) is 42.5 Å². The summed E-state index contributed by atoms with van der Waals surface area (Å²) in [6, 6.07) is 15.0. The van der Waals surface area contributed by atoms with E-state index in [1.54, 1.807) is 26.4 Å². The fraction of sp³-hybridized carbons (Fsp3) is 0.364. The van der Waals surface area contributed by atoms with Crippen LogP contribution < -0.4 is 9.47 Å². The van der Waals surface area contributed by atoms with Crippen molar-refractivity contribution in [3.63, 3.8) is 0 Å². The van der Waals surface area contributed by atoms with Crippen molar-refractivity contribution in [2.24, 2.45) is 0 Å². The minimum absolute atomic E-state index is 0.00848. The van der Waals surface area contributed by atoms with Crippen molar-refractivity contribution in [3.8, 4) is 11.5 Å². The van der Waals surface area contributed by atoms with Crippen LogP contribution in [0.15, 0.2) is 48.5 Å². The Kier molecular flexibility index (Phi) is 6.12. The average molecular weight is 367 g/mol. The van der Waals surface area contributed by atoms with E-state index in [0.29, 0.717) is 24.4 Å². The predicted octanol–water partition coefficient (Wildman–Crippen LogP) is 3.68. The third-order valence-electron chi connectivity index (χ3n) is 5.08. The molecule has 27 heavy (non-hydrogen) atoms. The number of methoxy groups -OCH3 is 2. The highest BCUT2D eigenvalue weighted by Gasteiger charge is 2.30. The molecule has 5 nitrogen and oxygen atoms in total. The van der Waals surface area contributed by atoms with Gasteiger partial charge in [-0.2, -0.15) is 0 Å². The fourth-order valence-corrected chi connectivity index (χ4v) is 3.62. The molecule has 0 saturated carbocycles. The number of hydrogen-bond donors (Lipinski definition) is 0. The lowest BCUT2D eigenvalue weighted by Gasteiger charge is -2.19. The summed E-state index contributed by atoms with van der Waals surface area (Å²) in [5, 5.41) is 0. The highest BCUT2D eigenvalue weighted by Crippen LogP contribution is 2.39. The number of hydrogen-bond acceptors (Lipinski definition) is 4. The molecule has 1 aliphatic heterocycles. The molecule has 3 rings (SSSR count). The van der Waals surface area contributed by atoms with Crippen LogP contribution in [0.4, 0.5) is 0 Å². The Labute approximate surface area is 159 Å². The van der Waals surface area contributed by atoms with E-state index < -0.39 is 0 Å². The number of benzene rings is 2. The van der Waals surface area contributed by atoms with Crippen molar-refractivity contribution in [1.29, 1.82) is 0 Å². The number of amides is 1. The van der Waals surface area contributed by atoms with Gasteiger partial charge in [-0.05, 0) is 12.5 Å². The summed E-state index contributed by atoms with van der Waals surface area (Å²) >= 11 is 0. The maximum atomic E-state index is 12.6. The summed E-state index contributed by atoms with van der Waals surface area (Å²) in [4.78, 5) is 26.6. The highest BCUT2D eigenvalue weighted by molar-refractivity contribution is 5.97. The number of carbonyl (C=O) groups excluding carboxylic acids is 2. The van der Waals surface area contributed by atoms with Gasteiger partial charge in [0, 0.05) is 43.0 Å². The van der Waals surface area contributed by atoms with Gasteiger partial charge in [0.15, 0.2) is 17.3 Å². The van der Waals surface area contributed by atoms with Crippen molar-refractivity contribution < 1.29 is 19.1 Å². The average Bonchev–Trinajstić information content (AvgIpc) is 3.21. The molecule has 1 unspecified atom stereocenters. The zero-order chi connectivity index (χ0) is 19.2. The molecule has 1 saturated heterocycles. The van der Waals surface area contributed by atoms with Gasteiger partial charge in [0.05, 0.1) is 14.2 Å². The van der Waals surface area contributed by atoms with Crippen LogP contribution in [0.3, 0.4) is 0 Å². The van der Waals surface area contributed by atoms with Crippen LogP contribution >= 0.6 is 0 Å². The molecule has 1 heterocycles. The fourth-order valence-electron chi connectivity index (χ4n) is 3.62. The molecule has 1 aliphatic rings. The summed E-state index contributed by atoms with van der Waals surface area (Å²) in [6.45, 7) is 1.34. The van der Waals surface area contributed by atoms with Crippen LogP contribution in [-0.4, -0.2) is 43.9 Å². The number of Topliss-reactive ketones (excluding diaryl/α,β-unsaturated/α-hetero) is 1. The first kappa shape index (κ1) is 19.0. The van der Waals surface area contributed by atoms with Gasteiger partial charge in [-0.25, -0.2) is 0 Å². The van der Waals surface area contributed by atoms with E-state index in [-0.39, 0.29) is 30.4 Å². The Morgan fingerprint density at radius 1 is 1.00 bits per heavy atom. The normalized spacial score (nSPS) is 16.2. The number of ketones is 1.